The zero-order valence-corrected chi connectivity index (χ0v) is 35.0. The molecule has 2 heterocycles. The molecule has 0 N–H and O–H groups in total. The van der Waals surface area contributed by atoms with Crippen molar-refractivity contribution in [2.24, 2.45) is 0 Å². The molecule has 296 valence electrons. The van der Waals surface area contributed by atoms with E-state index in [0.29, 0.717) is 0 Å². The standard InChI is InChI=1S/C54H35NO2.2C2H6/c1-3-13-36(14-4-1)38-29-32-42(33-30-38)55(48-21-12-24-52-53(48)47-18-8-10-23-51(47)56-52)49-35-41(37-15-5-2-6-16-37)31-34-43(49)39-25-27-40(28-26-39)44-19-11-20-46-45-17-7-9-22-50(45)57-54(44)46;2*1-2/h1-35H;2*1-2H3. The minimum Gasteiger partial charge on any atom is -0.456 e. The van der Waals surface area contributed by atoms with Crippen LogP contribution in [0.4, 0.5) is 17.1 Å². The minimum absolute atomic E-state index is 0.851. The summed E-state index contributed by atoms with van der Waals surface area (Å²) in [5.74, 6) is 0. The molecule has 0 aliphatic carbocycles. The van der Waals surface area contributed by atoms with Gasteiger partial charge in [-0.05, 0) is 75.8 Å². The van der Waals surface area contributed by atoms with Crippen LogP contribution in [-0.2, 0) is 0 Å². The van der Waals surface area contributed by atoms with Crippen LogP contribution in [0.2, 0.25) is 0 Å². The Labute approximate surface area is 357 Å². The molecule has 0 bridgehead atoms. The molecule has 0 radical (unpaired) electrons. The summed E-state index contributed by atoms with van der Waals surface area (Å²) in [5.41, 5.74) is 15.7. The Morgan fingerprint density at radius 2 is 0.803 bits per heavy atom. The fourth-order valence-electron chi connectivity index (χ4n) is 8.36. The van der Waals surface area contributed by atoms with Crippen LogP contribution in [-0.4, -0.2) is 0 Å². The van der Waals surface area contributed by atoms with Gasteiger partial charge in [-0.3, -0.25) is 0 Å². The van der Waals surface area contributed by atoms with Gasteiger partial charge >= 0.3 is 0 Å². The number of hydrogen-bond acceptors (Lipinski definition) is 3. The molecule has 3 heteroatoms. The summed E-state index contributed by atoms with van der Waals surface area (Å²) < 4.78 is 12.9. The second-order valence-electron chi connectivity index (χ2n) is 14.5. The fraction of sp³-hybridized carbons (Fsp3) is 0.0690. The highest BCUT2D eigenvalue weighted by atomic mass is 16.3. The van der Waals surface area contributed by atoms with Crippen LogP contribution < -0.4 is 4.90 Å². The molecule has 0 aliphatic rings. The number of furan rings is 2. The van der Waals surface area contributed by atoms with Gasteiger partial charge in [-0.1, -0.05) is 198 Å². The largest absolute Gasteiger partial charge is 0.456 e. The molecule has 61 heavy (non-hydrogen) atoms. The van der Waals surface area contributed by atoms with Gasteiger partial charge in [0.2, 0.25) is 0 Å². The summed E-state index contributed by atoms with van der Waals surface area (Å²) in [5, 5.41) is 4.41. The fourth-order valence-corrected chi connectivity index (χ4v) is 8.36. The van der Waals surface area contributed by atoms with Gasteiger partial charge in [0, 0.05) is 33.0 Å². The van der Waals surface area contributed by atoms with Crippen LogP contribution in [0.15, 0.2) is 221 Å². The maximum Gasteiger partial charge on any atom is 0.143 e. The van der Waals surface area contributed by atoms with Crippen molar-refractivity contribution < 1.29 is 8.83 Å². The van der Waals surface area contributed by atoms with E-state index < -0.39 is 0 Å². The molecule has 2 aromatic heterocycles. The quantitative estimate of drug-likeness (QED) is 0.161. The summed E-state index contributed by atoms with van der Waals surface area (Å²) in [7, 11) is 0. The number of hydrogen-bond donors (Lipinski definition) is 0. The van der Waals surface area contributed by atoms with Crippen molar-refractivity contribution in [1.82, 2.24) is 0 Å². The first-order valence-electron chi connectivity index (χ1n) is 21.3. The van der Waals surface area contributed by atoms with E-state index in [1.54, 1.807) is 0 Å². The maximum absolute atomic E-state index is 6.47. The molecule has 0 saturated heterocycles. The highest BCUT2D eigenvalue weighted by Crippen LogP contribution is 2.47. The summed E-state index contributed by atoms with van der Waals surface area (Å²) in [6.45, 7) is 8.00. The van der Waals surface area contributed by atoms with Crippen molar-refractivity contribution >= 4 is 60.9 Å². The number of para-hydroxylation sites is 3. The van der Waals surface area contributed by atoms with Crippen LogP contribution in [0.25, 0.3) is 88.4 Å². The summed E-state index contributed by atoms with van der Waals surface area (Å²) in [6.07, 6.45) is 0. The zero-order chi connectivity index (χ0) is 41.7. The van der Waals surface area contributed by atoms with Crippen molar-refractivity contribution in [1.29, 1.82) is 0 Å². The molecule has 0 spiro atoms. The van der Waals surface area contributed by atoms with E-state index in [-0.39, 0.29) is 0 Å². The first kappa shape index (κ1) is 38.9. The highest BCUT2D eigenvalue weighted by molar-refractivity contribution is 6.14. The van der Waals surface area contributed by atoms with E-state index in [2.05, 4.69) is 193 Å². The van der Waals surface area contributed by atoms with Crippen LogP contribution in [0.5, 0.6) is 0 Å². The van der Waals surface area contributed by atoms with Gasteiger partial charge in [0.15, 0.2) is 0 Å². The minimum atomic E-state index is 0.851. The molecule has 0 saturated carbocycles. The number of fused-ring (bicyclic) bond motifs is 6. The molecule has 0 fully saturated rings. The molecule has 0 amide bonds. The van der Waals surface area contributed by atoms with Gasteiger partial charge in [-0.2, -0.15) is 0 Å². The van der Waals surface area contributed by atoms with E-state index in [1.807, 2.05) is 52.0 Å². The summed E-state index contributed by atoms with van der Waals surface area (Å²) in [6, 6.07) is 75.2. The average Bonchev–Trinajstić information content (AvgIpc) is 3.93. The zero-order valence-electron chi connectivity index (χ0n) is 35.0. The van der Waals surface area contributed by atoms with Gasteiger partial charge in [-0.25, -0.2) is 0 Å². The van der Waals surface area contributed by atoms with Crippen LogP contribution in [0, 0.1) is 0 Å². The van der Waals surface area contributed by atoms with Gasteiger partial charge < -0.3 is 13.7 Å². The Kier molecular flexibility index (Phi) is 11.0. The SMILES string of the molecule is CC.CC.c1ccc(-c2ccc(N(c3cc(-c4ccccc4)ccc3-c3ccc(-c4cccc5c4oc4ccccc45)cc3)c3cccc4oc5ccccc5c34)cc2)cc1. The van der Waals surface area contributed by atoms with Crippen molar-refractivity contribution in [3.05, 3.63) is 212 Å². The number of benzene rings is 9. The lowest BCUT2D eigenvalue weighted by atomic mass is 9.94. The predicted molar refractivity (Wildman–Crippen MR) is 260 cm³/mol. The molecule has 9 aromatic carbocycles. The first-order valence-corrected chi connectivity index (χ1v) is 21.3. The topological polar surface area (TPSA) is 29.5 Å². The third kappa shape index (κ3) is 7.25. The van der Waals surface area contributed by atoms with Crippen LogP contribution in [0.1, 0.15) is 27.7 Å². The Morgan fingerprint density at radius 3 is 1.49 bits per heavy atom. The Hall–Kier alpha value is -7.62. The van der Waals surface area contributed by atoms with Crippen molar-refractivity contribution in [3.8, 4) is 44.5 Å². The Balaban J connectivity index is 0.00000116. The van der Waals surface area contributed by atoms with E-state index in [9.17, 15) is 0 Å². The van der Waals surface area contributed by atoms with Gasteiger partial charge in [0.05, 0.1) is 16.8 Å². The molecule has 11 aromatic rings. The molecule has 3 nitrogen and oxygen atoms in total. The monoisotopic (exact) mass is 789 g/mol. The third-order valence-corrected chi connectivity index (χ3v) is 11.1. The van der Waals surface area contributed by atoms with Crippen LogP contribution in [0.3, 0.4) is 0 Å². The van der Waals surface area contributed by atoms with Gasteiger partial charge in [0.1, 0.15) is 22.3 Å². The number of nitrogens with zero attached hydrogens (tertiary/aromatic N) is 1. The molecule has 0 aliphatic heterocycles. The smallest absolute Gasteiger partial charge is 0.143 e. The Morgan fingerprint density at radius 1 is 0.311 bits per heavy atom. The number of anilines is 3. The molecule has 11 rings (SSSR count). The second kappa shape index (κ2) is 17.3. The summed E-state index contributed by atoms with van der Waals surface area (Å²) in [4.78, 5) is 2.41. The lowest BCUT2D eigenvalue weighted by molar-refractivity contribution is 0.669. The predicted octanol–water partition coefficient (Wildman–Crippen LogP) is 17.7. The molecular weight excluding hydrogens is 743 g/mol. The van der Waals surface area contributed by atoms with Gasteiger partial charge in [-0.15, -0.1) is 0 Å². The van der Waals surface area contributed by atoms with Crippen molar-refractivity contribution in [2.75, 3.05) is 4.90 Å². The lowest BCUT2D eigenvalue weighted by Gasteiger charge is -2.29. The molecular formula is C58H47NO2. The van der Waals surface area contributed by atoms with E-state index in [4.69, 9.17) is 8.83 Å². The molecule has 0 unspecified atom stereocenters. The third-order valence-electron chi connectivity index (χ3n) is 11.1. The van der Waals surface area contributed by atoms with Crippen LogP contribution >= 0.6 is 0 Å². The van der Waals surface area contributed by atoms with Crippen molar-refractivity contribution in [3.63, 3.8) is 0 Å². The van der Waals surface area contributed by atoms with E-state index >= 15 is 0 Å². The maximum atomic E-state index is 6.47. The highest BCUT2D eigenvalue weighted by Gasteiger charge is 2.23. The van der Waals surface area contributed by atoms with Crippen molar-refractivity contribution in [2.45, 2.75) is 27.7 Å². The average molecular weight is 790 g/mol. The summed E-state index contributed by atoms with van der Waals surface area (Å²) >= 11 is 0. The molecule has 0 atom stereocenters. The second-order valence-corrected chi connectivity index (χ2v) is 14.5. The normalized spacial score (nSPS) is 11.0. The van der Waals surface area contributed by atoms with Gasteiger partial charge in [0.25, 0.3) is 0 Å². The Bertz CT molecular complexity index is 3210. The lowest BCUT2D eigenvalue weighted by Crippen LogP contribution is -2.12. The first-order chi connectivity index (χ1) is 30.3. The van der Waals surface area contributed by atoms with E-state index in [0.717, 1.165) is 94.3 Å². The number of rotatable bonds is 7. The van der Waals surface area contributed by atoms with E-state index in [1.165, 1.54) is 11.1 Å².